The first kappa shape index (κ1) is 31.1. The Balaban J connectivity index is 2.01. The van der Waals surface area contributed by atoms with Crippen molar-refractivity contribution >= 4 is 16.8 Å². The molecule has 2 N–H and O–H groups in total. The van der Waals surface area contributed by atoms with Gasteiger partial charge in [0.05, 0.1) is 0 Å². The quantitative estimate of drug-likeness (QED) is 0.209. The summed E-state index contributed by atoms with van der Waals surface area (Å²) in [4.78, 5) is 2.14. The number of allylic oxidation sites excluding steroid dienone is 4. The molecule has 1 unspecified atom stereocenters. The Labute approximate surface area is 245 Å². The van der Waals surface area contributed by atoms with Crippen LogP contribution in [0.5, 0.6) is 0 Å². The zero-order valence-electron chi connectivity index (χ0n) is 25.0. The molecule has 41 heavy (non-hydrogen) atoms. The molecule has 3 nitrogen and oxygen atoms in total. The van der Waals surface area contributed by atoms with E-state index in [1.54, 1.807) is 12.1 Å². The summed E-state index contributed by atoms with van der Waals surface area (Å²) in [7, 11) is 1.91. The number of hydrogen-bond donors (Lipinski definition) is 2. The van der Waals surface area contributed by atoms with Gasteiger partial charge in [0.2, 0.25) is 0 Å². The van der Waals surface area contributed by atoms with Crippen LogP contribution in [0.1, 0.15) is 54.2 Å². The minimum atomic E-state index is -0.261. The van der Waals surface area contributed by atoms with Gasteiger partial charge >= 0.3 is 0 Å². The van der Waals surface area contributed by atoms with Gasteiger partial charge in [0, 0.05) is 29.7 Å². The van der Waals surface area contributed by atoms with Crippen LogP contribution in [-0.4, -0.2) is 18.0 Å². The van der Waals surface area contributed by atoms with Crippen molar-refractivity contribution in [1.29, 1.82) is 0 Å². The van der Waals surface area contributed by atoms with Crippen molar-refractivity contribution in [2.75, 3.05) is 7.05 Å². The van der Waals surface area contributed by atoms with Gasteiger partial charge in [-0.3, -0.25) is 0 Å². The Morgan fingerprint density at radius 2 is 1.59 bits per heavy atom. The molecule has 0 fully saturated rings. The number of nitrogens with zero attached hydrogens (tertiary/aromatic N) is 1. The molecule has 212 valence electrons. The Hall–Kier alpha value is -4.41. The molecule has 4 heteroatoms. The lowest BCUT2D eigenvalue weighted by Gasteiger charge is -2.25. The highest BCUT2D eigenvalue weighted by atomic mass is 19.1. The molecule has 0 aliphatic heterocycles. The maximum atomic E-state index is 13.5. The molecular formula is C37H42FN3. The Bertz CT molecular complexity index is 1490. The van der Waals surface area contributed by atoms with Gasteiger partial charge in [-0.25, -0.2) is 4.39 Å². The summed E-state index contributed by atoms with van der Waals surface area (Å²) in [6, 6.07) is 21.4. The molecule has 0 bridgehead atoms. The lowest BCUT2D eigenvalue weighted by Crippen LogP contribution is -2.30. The molecule has 0 aliphatic rings. The fraction of sp³-hybridized carbons (Fsp3) is 0.189. The number of hydrogen-bond acceptors (Lipinski definition) is 3. The van der Waals surface area contributed by atoms with Crippen LogP contribution in [0.3, 0.4) is 0 Å². The maximum Gasteiger partial charge on any atom is 0.123 e. The number of rotatable bonds is 13. The topological polar surface area (TPSA) is 27.3 Å². The highest BCUT2D eigenvalue weighted by molar-refractivity contribution is 5.78. The van der Waals surface area contributed by atoms with E-state index in [0.29, 0.717) is 6.54 Å². The van der Waals surface area contributed by atoms with E-state index in [1.165, 1.54) is 12.1 Å². The predicted molar refractivity (Wildman–Crippen MR) is 175 cm³/mol. The van der Waals surface area contributed by atoms with Crippen LogP contribution in [0.2, 0.25) is 0 Å². The molecule has 0 saturated carbocycles. The normalized spacial score (nSPS) is 12.4. The molecule has 0 aliphatic carbocycles. The largest absolute Gasteiger partial charge is 0.362 e. The van der Waals surface area contributed by atoms with Crippen molar-refractivity contribution in [3.8, 4) is 0 Å². The first-order chi connectivity index (χ1) is 19.5. The number of likely N-dealkylation sites (N-methyl/N-ethyl adjacent to an activating group) is 1. The van der Waals surface area contributed by atoms with Gasteiger partial charge in [-0.1, -0.05) is 79.9 Å². The second-order valence-corrected chi connectivity index (χ2v) is 10.4. The molecule has 0 aromatic heterocycles. The van der Waals surface area contributed by atoms with Crippen LogP contribution in [0.25, 0.3) is 16.8 Å². The second-order valence-electron chi connectivity index (χ2n) is 10.4. The number of nitrogens with one attached hydrogen (secondary N) is 2. The standard InChI is InChI=1S/C37H42FN3/c1-10-41(24-31-20-26(4)21-35(22-31)28(6)32-15-17-36(38)18-16-32)37(34-13-11-12-33(23-34)25(2)3)19-14-27(5)40-30(8)29(7)39-9/h10-23,29,39-40H,1-2,6,8,24H2,3-5,7,9H3/b27-14+,37-19-. The van der Waals surface area contributed by atoms with Crippen molar-refractivity contribution in [2.24, 2.45) is 0 Å². The average molecular weight is 548 g/mol. The van der Waals surface area contributed by atoms with Crippen LogP contribution < -0.4 is 10.6 Å². The second kappa shape index (κ2) is 14.3. The van der Waals surface area contributed by atoms with Crippen molar-refractivity contribution in [2.45, 2.75) is 40.3 Å². The van der Waals surface area contributed by atoms with Gasteiger partial charge < -0.3 is 15.5 Å². The van der Waals surface area contributed by atoms with E-state index in [1.807, 2.05) is 27.1 Å². The predicted octanol–water partition coefficient (Wildman–Crippen LogP) is 8.83. The third kappa shape index (κ3) is 8.54. The smallest absolute Gasteiger partial charge is 0.123 e. The van der Waals surface area contributed by atoms with Gasteiger partial charge in [0.15, 0.2) is 0 Å². The van der Waals surface area contributed by atoms with Crippen molar-refractivity contribution < 1.29 is 4.39 Å². The van der Waals surface area contributed by atoms with Crippen molar-refractivity contribution in [1.82, 2.24) is 15.5 Å². The molecule has 0 amide bonds. The fourth-order valence-corrected chi connectivity index (χ4v) is 4.47. The highest BCUT2D eigenvalue weighted by Gasteiger charge is 2.13. The van der Waals surface area contributed by atoms with Crippen LogP contribution >= 0.6 is 0 Å². The summed E-state index contributed by atoms with van der Waals surface area (Å²) in [6.45, 7) is 25.5. The van der Waals surface area contributed by atoms with Crippen LogP contribution in [0, 0.1) is 12.7 Å². The summed E-state index contributed by atoms with van der Waals surface area (Å²) in [5.41, 5.74) is 11.0. The fourth-order valence-electron chi connectivity index (χ4n) is 4.47. The van der Waals surface area contributed by atoms with Crippen LogP contribution in [-0.2, 0) is 6.54 Å². The van der Waals surface area contributed by atoms with Gasteiger partial charge in [-0.15, -0.1) is 0 Å². The van der Waals surface area contributed by atoms with Crippen molar-refractivity contribution in [3.63, 3.8) is 0 Å². The van der Waals surface area contributed by atoms with E-state index in [-0.39, 0.29) is 11.9 Å². The maximum absolute atomic E-state index is 13.5. The zero-order valence-corrected chi connectivity index (χ0v) is 25.0. The summed E-state index contributed by atoms with van der Waals surface area (Å²) in [5.74, 6) is -0.261. The minimum absolute atomic E-state index is 0.138. The van der Waals surface area contributed by atoms with Gasteiger partial charge in [0.1, 0.15) is 5.82 Å². The molecular weight excluding hydrogens is 505 g/mol. The summed E-state index contributed by atoms with van der Waals surface area (Å²) in [6.07, 6.45) is 6.02. The Kier molecular flexibility index (Phi) is 10.8. The third-order valence-electron chi connectivity index (χ3n) is 7.02. The first-order valence-corrected chi connectivity index (χ1v) is 13.7. The monoisotopic (exact) mass is 547 g/mol. The number of aryl methyl sites for hydroxylation is 1. The van der Waals surface area contributed by atoms with Gasteiger partial charge in [-0.2, -0.15) is 0 Å². The van der Waals surface area contributed by atoms with E-state index in [4.69, 9.17) is 0 Å². The molecule has 3 aromatic carbocycles. The lowest BCUT2D eigenvalue weighted by molar-refractivity contribution is 0.527. The van der Waals surface area contributed by atoms with Crippen LogP contribution in [0.15, 0.2) is 123 Å². The van der Waals surface area contributed by atoms with E-state index in [9.17, 15) is 4.39 Å². The Morgan fingerprint density at radius 1 is 0.902 bits per heavy atom. The Morgan fingerprint density at radius 3 is 2.22 bits per heavy atom. The molecule has 3 rings (SSSR count). The summed E-state index contributed by atoms with van der Waals surface area (Å²) >= 11 is 0. The van der Waals surface area contributed by atoms with Gasteiger partial charge in [-0.05, 0) is 111 Å². The SMILES string of the molecule is C=CN(Cc1cc(C)cc(C(=C)c2ccc(F)cc2)c1)/C(=C\C=C(/C)NC(=C)C(C)NC)c1cccc(C(=C)C)c1. The molecule has 1 atom stereocenters. The molecule has 0 saturated heterocycles. The van der Waals surface area contributed by atoms with Crippen molar-refractivity contribution in [3.05, 3.63) is 162 Å². The van der Waals surface area contributed by atoms with E-state index in [2.05, 4.69) is 110 Å². The minimum Gasteiger partial charge on any atom is -0.362 e. The first-order valence-electron chi connectivity index (χ1n) is 13.7. The third-order valence-corrected chi connectivity index (χ3v) is 7.02. The van der Waals surface area contributed by atoms with E-state index < -0.39 is 0 Å². The lowest BCUT2D eigenvalue weighted by atomic mass is 9.95. The number of benzene rings is 3. The van der Waals surface area contributed by atoms with Gasteiger partial charge in [0.25, 0.3) is 0 Å². The summed E-state index contributed by atoms with van der Waals surface area (Å²) in [5, 5.41) is 6.59. The molecule has 0 spiro atoms. The number of halogens is 1. The molecule has 3 aromatic rings. The zero-order chi connectivity index (χ0) is 30.1. The summed E-state index contributed by atoms with van der Waals surface area (Å²) < 4.78 is 13.5. The molecule has 0 radical (unpaired) electrons. The molecule has 0 heterocycles. The highest BCUT2D eigenvalue weighted by Crippen LogP contribution is 2.28. The average Bonchev–Trinajstić information content (AvgIpc) is 2.95. The van der Waals surface area contributed by atoms with E-state index >= 15 is 0 Å². The van der Waals surface area contributed by atoms with E-state index in [0.717, 1.165) is 61.6 Å². The van der Waals surface area contributed by atoms with Crippen LogP contribution in [0.4, 0.5) is 4.39 Å².